The van der Waals surface area contributed by atoms with Crippen LogP contribution in [-0.2, 0) is 6.42 Å². The van der Waals surface area contributed by atoms with E-state index in [1.54, 1.807) is 0 Å². The first-order chi connectivity index (χ1) is 7.18. The van der Waals surface area contributed by atoms with Crippen LogP contribution in [0.3, 0.4) is 0 Å². The number of Topliss-reactive ketones (excluding diaryl/α,β-unsaturated/α-hetero) is 1. The van der Waals surface area contributed by atoms with Gasteiger partial charge in [-0.3, -0.25) is 4.79 Å². The molecular formula is C11H9ClOS2. The Morgan fingerprint density at radius 3 is 2.60 bits per heavy atom. The SMILES string of the molecule is Cc1ccsc1C(=O)Cc1sccc1Cl. The largest absolute Gasteiger partial charge is 0.293 e. The number of hydrogen-bond donors (Lipinski definition) is 0. The average molecular weight is 257 g/mol. The van der Waals surface area contributed by atoms with Crippen molar-refractivity contribution < 1.29 is 4.79 Å². The van der Waals surface area contributed by atoms with Gasteiger partial charge in [-0.15, -0.1) is 22.7 Å². The van der Waals surface area contributed by atoms with Crippen LogP contribution in [0.1, 0.15) is 20.1 Å². The number of carbonyl (C=O) groups excluding carboxylic acids is 1. The Bertz CT molecular complexity index is 484. The summed E-state index contributed by atoms with van der Waals surface area (Å²) in [5.74, 6) is 0.159. The Morgan fingerprint density at radius 2 is 2.07 bits per heavy atom. The third-order valence-corrected chi connectivity index (χ3v) is 4.57. The molecule has 2 aromatic heterocycles. The Kier molecular flexibility index (Phi) is 3.24. The van der Waals surface area contributed by atoms with Gasteiger partial charge in [-0.25, -0.2) is 0 Å². The summed E-state index contributed by atoms with van der Waals surface area (Å²) in [6, 6.07) is 3.80. The number of thiophene rings is 2. The molecule has 0 aliphatic rings. The van der Waals surface area contributed by atoms with E-state index in [2.05, 4.69) is 0 Å². The van der Waals surface area contributed by atoms with E-state index < -0.39 is 0 Å². The van der Waals surface area contributed by atoms with E-state index in [1.165, 1.54) is 22.7 Å². The molecule has 0 aromatic carbocycles. The lowest BCUT2D eigenvalue weighted by Gasteiger charge is -1.98. The lowest BCUT2D eigenvalue weighted by Crippen LogP contribution is -2.01. The van der Waals surface area contributed by atoms with Gasteiger partial charge >= 0.3 is 0 Å². The summed E-state index contributed by atoms with van der Waals surface area (Å²) in [6.45, 7) is 1.96. The lowest BCUT2D eigenvalue weighted by atomic mass is 10.1. The highest BCUT2D eigenvalue weighted by Crippen LogP contribution is 2.25. The molecule has 0 radical (unpaired) electrons. The van der Waals surface area contributed by atoms with E-state index in [0.29, 0.717) is 11.4 Å². The minimum atomic E-state index is 0.159. The van der Waals surface area contributed by atoms with Gasteiger partial charge in [0.2, 0.25) is 0 Å². The quantitative estimate of drug-likeness (QED) is 0.753. The maximum Gasteiger partial charge on any atom is 0.178 e. The second-order valence-electron chi connectivity index (χ2n) is 3.22. The molecule has 0 N–H and O–H groups in total. The van der Waals surface area contributed by atoms with Crippen LogP contribution in [0.5, 0.6) is 0 Å². The maximum atomic E-state index is 11.9. The number of rotatable bonds is 3. The first kappa shape index (κ1) is 10.9. The van der Waals surface area contributed by atoms with Crippen LogP contribution in [-0.4, -0.2) is 5.78 Å². The molecule has 2 rings (SSSR count). The van der Waals surface area contributed by atoms with Gasteiger partial charge < -0.3 is 0 Å². The highest BCUT2D eigenvalue weighted by Gasteiger charge is 2.13. The van der Waals surface area contributed by atoms with Gasteiger partial charge in [0.05, 0.1) is 9.90 Å². The van der Waals surface area contributed by atoms with Gasteiger partial charge in [0.15, 0.2) is 5.78 Å². The van der Waals surface area contributed by atoms with Crippen LogP contribution in [0.15, 0.2) is 22.9 Å². The van der Waals surface area contributed by atoms with Crippen LogP contribution in [0.4, 0.5) is 0 Å². The van der Waals surface area contributed by atoms with Crippen molar-refractivity contribution in [2.45, 2.75) is 13.3 Å². The first-order valence-corrected chi connectivity index (χ1v) is 6.61. The molecule has 0 saturated carbocycles. The van der Waals surface area contributed by atoms with E-state index in [1.807, 2.05) is 29.8 Å². The van der Waals surface area contributed by atoms with Gasteiger partial charge in [0.25, 0.3) is 0 Å². The molecule has 0 fully saturated rings. The molecule has 0 spiro atoms. The summed E-state index contributed by atoms with van der Waals surface area (Å²) in [7, 11) is 0. The summed E-state index contributed by atoms with van der Waals surface area (Å²) in [4.78, 5) is 13.7. The average Bonchev–Trinajstić information content (AvgIpc) is 2.76. The normalized spacial score (nSPS) is 10.5. The molecular weight excluding hydrogens is 248 g/mol. The molecule has 4 heteroatoms. The van der Waals surface area contributed by atoms with Gasteiger partial charge in [-0.1, -0.05) is 11.6 Å². The number of aryl methyl sites for hydroxylation is 1. The fourth-order valence-electron chi connectivity index (χ4n) is 1.34. The van der Waals surface area contributed by atoms with E-state index in [-0.39, 0.29) is 5.78 Å². The molecule has 2 heterocycles. The molecule has 0 bridgehead atoms. The molecule has 2 aromatic rings. The van der Waals surface area contributed by atoms with Crippen molar-refractivity contribution in [3.8, 4) is 0 Å². The van der Waals surface area contributed by atoms with E-state index >= 15 is 0 Å². The molecule has 0 unspecified atom stereocenters. The van der Waals surface area contributed by atoms with Crippen molar-refractivity contribution in [2.24, 2.45) is 0 Å². The Hall–Kier alpha value is -0.640. The maximum absolute atomic E-state index is 11.9. The van der Waals surface area contributed by atoms with Crippen LogP contribution < -0.4 is 0 Å². The zero-order chi connectivity index (χ0) is 10.8. The summed E-state index contributed by atoms with van der Waals surface area (Å²) in [5.41, 5.74) is 1.05. The summed E-state index contributed by atoms with van der Waals surface area (Å²) in [6.07, 6.45) is 0.415. The van der Waals surface area contributed by atoms with Crippen LogP contribution in [0, 0.1) is 6.92 Å². The van der Waals surface area contributed by atoms with E-state index in [0.717, 1.165) is 15.3 Å². The predicted octanol–water partition coefficient (Wildman–Crippen LogP) is 4.20. The molecule has 1 nitrogen and oxygen atoms in total. The number of halogens is 1. The van der Waals surface area contributed by atoms with Crippen LogP contribution in [0.2, 0.25) is 5.02 Å². The highest BCUT2D eigenvalue weighted by atomic mass is 35.5. The predicted molar refractivity (Wildman–Crippen MR) is 66.4 cm³/mol. The smallest absolute Gasteiger partial charge is 0.178 e. The molecule has 0 aliphatic heterocycles. The van der Waals surface area contributed by atoms with Crippen LogP contribution >= 0.6 is 34.3 Å². The zero-order valence-electron chi connectivity index (χ0n) is 8.12. The molecule has 0 aliphatic carbocycles. The monoisotopic (exact) mass is 256 g/mol. The highest BCUT2D eigenvalue weighted by molar-refractivity contribution is 7.12. The van der Waals surface area contributed by atoms with Crippen molar-refractivity contribution >= 4 is 40.1 Å². The number of carbonyl (C=O) groups is 1. The number of ketones is 1. The standard InChI is InChI=1S/C11H9ClOS2/c1-7-2-4-15-11(7)9(13)6-10-8(12)3-5-14-10/h2-5H,6H2,1H3. The second-order valence-corrected chi connectivity index (χ2v) is 5.55. The summed E-state index contributed by atoms with van der Waals surface area (Å²) >= 11 is 8.98. The lowest BCUT2D eigenvalue weighted by molar-refractivity contribution is 0.0997. The molecule has 15 heavy (non-hydrogen) atoms. The Morgan fingerprint density at radius 1 is 1.33 bits per heavy atom. The van der Waals surface area contributed by atoms with Gasteiger partial charge in [0, 0.05) is 11.3 Å². The second kappa shape index (κ2) is 4.47. The Labute approximate surface area is 101 Å². The zero-order valence-corrected chi connectivity index (χ0v) is 10.5. The molecule has 0 amide bonds. The minimum absolute atomic E-state index is 0.159. The minimum Gasteiger partial charge on any atom is -0.293 e. The van der Waals surface area contributed by atoms with Crippen molar-refractivity contribution in [2.75, 3.05) is 0 Å². The topological polar surface area (TPSA) is 17.1 Å². The van der Waals surface area contributed by atoms with Crippen molar-refractivity contribution in [1.29, 1.82) is 0 Å². The van der Waals surface area contributed by atoms with Gasteiger partial charge in [0.1, 0.15) is 0 Å². The van der Waals surface area contributed by atoms with Crippen molar-refractivity contribution in [3.05, 3.63) is 43.2 Å². The fourth-order valence-corrected chi connectivity index (χ4v) is 3.30. The van der Waals surface area contributed by atoms with Crippen LogP contribution in [0.25, 0.3) is 0 Å². The van der Waals surface area contributed by atoms with Crippen molar-refractivity contribution in [3.63, 3.8) is 0 Å². The fraction of sp³-hybridized carbons (Fsp3) is 0.182. The van der Waals surface area contributed by atoms with E-state index in [9.17, 15) is 4.79 Å². The third-order valence-electron chi connectivity index (χ3n) is 2.13. The third kappa shape index (κ3) is 2.30. The molecule has 0 saturated heterocycles. The first-order valence-electron chi connectivity index (χ1n) is 4.47. The van der Waals surface area contributed by atoms with Gasteiger partial charge in [-0.2, -0.15) is 0 Å². The molecule has 0 atom stereocenters. The Balaban J connectivity index is 2.18. The van der Waals surface area contributed by atoms with Crippen molar-refractivity contribution in [1.82, 2.24) is 0 Å². The van der Waals surface area contributed by atoms with E-state index in [4.69, 9.17) is 11.6 Å². The molecule has 78 valence electrons. The number of hydrogen-bond acceptors (Lipinski definition) is 3. The summed E-state index contributed by atoms with van der Waals surface area (Å²) < 4.78 is 0. The summed E-state index contributed by atoms with van der Waals surface area (Å²) in [5, 5.41) is 4.55. The van der Waals surface area contributed by atoms with Gasteiger partial charge in [-0.05, 0) is 35.4 Å².